The first-order valence-corrected chi connectivity index (χ1v) is 5.90. The molecule has 0 aromatic carbocycles. The van der Waals surface area contributed by atoms with Crippen LogP contribution < -0.4 is 5.73 Å². The van der Waals surface area contributed by atoms with Crippen molar-refractivity contribution >= 4 is 5.82 Å². The van der Waals surface area contributed by atoms with Gasteiger partial charge in [0.1, 0.15) is 24.3 Å². The summed E-state index contributed by atoms with van der Waals surface area (Å²) < 4.78 is 2.06. The van der Waals surface area contributed by atoms with Crippen molar-refractivity contribution in [2.75, 3.05) is 5.73 Å². The summed E-state index contributed by atoms with van der Waals surface area (Å²) in [6.07, 6.45) is 7.95. The number of nitrogens with zero attached hydrogens (tertiary/aromatic N) is 4. The molecule has 0 atom stereocenters. The minimum Gasteiger partial charge on any atom is -0.383 e. The summed E-state index contributed by atoms with van der Waals surface area (Å²) in [5.41, 5.74) is 9.21. The summed E-state index contributed by atoms with van der Waals surface area (Å²) in [7, 11) is 0. The third-order valence-electron chi connectivity index (χ3n) is 3.35. The number of anilines is 1. The molecule has 1 aliphatic carbocycles. The van der Waals surface area contributed by atoms with E-state index >= 15 is 0 Å². The molecule has 2 aromatic heterocycles. The lowest BCUT2D eigenvalue weighted by molar-refractivity contribution is 0.653. The fraction of sp³-hybridized carbons (Fsp3) is 0.417. The largest absolute Gasteiger partial charge is 0.383 e. The van der Waals surface area contributed by atoms with Gasteiger partial charge in [0.05, 0.1) is 5.69 Å². The maximum Gasteiger partial charge on any atom is 0.146 e. The normalized spacial score (nSPS) is 14.6. The standard InChI is InChI=1S/C12H15N5/c1-8-11(13)14-6-15-12(8)17-7-16-9-4-2-3-5-10(9)17/h6-7H,2-5H2,1H3,(H2,13,14,15). The van der Waals surface area contributed by atoms with E-state index in [4.69, 9.17) is 5.73 Å². The number of hydrogen-bond acceptors (Lipinski definition) is 4. The van der Waals surface area contributed by atoms with Gasteiger partial charge in [-0.2, -0.15) is 0 Å². The summed E-state index contributed by atoms with van der Waals surface area (Å²) in [6.45, 7) is 1.94. The van der Waals surface area contributed by atoms with Gasteiger partial charge in [0.2, 0.25) is 0 Å². The van der Waals surface area contributed by atoms with Crippen molar-refractivity contribution in [3.05, 3.63) is 29.6 Å². The molecule has 0 bridgehead atoms. The summed E-state index contributed by atoms with van der Waals surface area (Å²) in [5, 5.41) is 0. The molecule has 2 N–H and O–H groups in total. The first-order chi connectivity index (χ1) is 8.27. The van der Waals surface area contributed by atoms with Crippen LogP contribution in [0.1, 0.15) is 29.8 Å². The van der Waals surface area contributed by atoms with E-state index in [-0.39, 0.29) is 0 Å². The Morgan fingerprint density at radius 3 is 2.88 bits per heavy atom. The van der Waals surface area contributed by atoms with E-state index in [0.717, 1.165) is 24.2 Å². The van der Waals surface area contributed by atoms with Gasteiger partial charge in [-0.05, 0) is 32.6 Å². The molecule has 3 rings (SSSR count). The third kappa shape index (κ3) is 1.58. The van der Waals surface area contributed by atoms with E-state index in [2.05, 4.69) is 19.5 Å². The summed E-state index contributed by atoms with van der Waals surface area (Å²) in [6, 6.07) is 0. The van der Waals surface area contributed by atoms with Crippen molar-refractivity contribution in [1.82, 2.24) is 19.5 Å². The van der Waals surface area contributed by atoms with Gasteiger partial charge in [-0.15, -0.1) is 0 Å². The molecule has 2 heterocycles. The van der Waals surface area contributed by atoms with Crippen LogP contribution in [0.5, 0.6) is 0 Å². The zero-order valence-corrected chi connectivity index (χ0v) is 9.85. The quantitative estimate of drug-likeness (QED) is 0.803. The zero-order valence-electron chi connectivity index (χ0n) is 9.85. The molecule has 0 aliphatic heterocycles. The predicted molar refractivity (Wildman–Crippen MR) is 64.9 cm³/mol. The number of rotatable bonds is 1. The Hall–Kier alpha value is -1.91. The zero-order chi connectivity index (χ0) is 11.8. The predicted octanol–water partition coefficient (Wildman–Crippen LogP) is 1.43. The number of hydrogen-bond donors (Lipinski definition) is 1. The van der Waals surface area contributed by atoms with Gasteiger partial charge in [-0.3, -0.25) is 4.57 Å². The van der Waals surface area contributed by atoms with Crippen LogP contribution in [0.3, 0.4) is 0 Å². The van der Waals surface area contributed by atoms with Gasteiger partial charge in [0.15, 0.2) is 0 Å². The molecule has 1 aliphatic rings. The summed E-state index contributed by atoms with van der Waals surface area (Å²) in [4.78, 5) is 12.8. The van der Waals surface area contributed by atoms with Crippen LogP contribution in [0.25, 0.3) is 5.82 Å². The van der Waals surface area contributed by atoms with E-state index in [0.29, 0.717) is 5.82 Å². The number of fused-ring (bicyclic) bond motifs is 1. The Kier molecular flexibility index (Phi) is 2.31. The minimum absolute atomic E-state index is 0.535. The Morgan fingerprint density at radius 1 is 1.18 bits per heavy atom. The molecule has 0 unspecified atom stereocenters. The van der Waals surface area contributed by atoms with Crippen molar-refractivity contribution in [1.29, 1.82) is 0 Å². The molecule has 5 heteroatoms. The fourth-order valence-corrected chi connectivity index (χ4v) is 2.35. The van der Waals surface area contributed by atoms with Gasteiger partial charge < -0.3 is 5.73 Å². The van der Waals surface area contributed by atoms with E-state index < -0.39 is 0 Å². The van der Waals surface area contributed by atoms with E-state index in [1.165, 1.54) is 30.6 Å². The van der Waals surface area contributed by atoms with E-state index in [9.17, 15) is 0 Å². The maximum atomic E-state index is 5.82. The number of nitrogens with two attached hydrogens (primary N) is 1. The van der Waals surface area contributed by atoms with Crippen LogP contribution >= 0.6 is 0 Å². The lowest BCUT2D eigenvalue weighted by atomic mass is 10.0. The highest BCUT2D eigenvalue weighted by molar-refractivity contribution is 5.48. The third-order valence-corrected chi connectivity index (χ3v) is 3.35. The molecular formula is C12H15N5. The topological polar surface area (TPSA) is 69.6 Å². The number of aryl methyl sites for hydroxylation is 1. The average molecular weight is 229 g/mol. The van der Waals surface area contributed by atoms with E-state index in [1.807, 2.05) is 13.3 Å². The highest BCUT2D eigenvalue weighted by atomic mass is 15.1. The molecule has 0 fully saturated rings. The molecular weight excluding hydrogens is 214 g/mol. The van der Waals surface area contributed by atoms with Crippen molar-refractivity contribution in [3.8, 4) is 5.82 Å². The fourth-order valence-electron chi connectivity index (χ4n) is 2.35. The Labute approximate surface area is 99.7 Å². The molecule has 0 spiro atoms. The number of imidazole rings is 1. The van der Waals surface area contributed by atoms with Gasteiger partial charge in [0, 0.05) is 11.3 Å². The molecule has 0 saturated carbocycles. The Balaban J connectivity index is 2.15. The minimum atomic E-state index is 0.535. The molecule has 2 aromatic rings. The van der Waals surface area contributed by atoms with Gasteiger partial charge in [-0.25, -0.2) is 15.0 Å². The average Bonchev–Trinajstić information content (AvgIpc) is 2.77. The van der Waals surface area contributed by atoms with Gasteiger partial charge >= 0.3 is 0 Å². The smallest absolute Gasteiger partial charge is 0.146 e. The number of nitrogen functional groups attached to an aromatic ring is 1. The molecule has 88 valence electrons. The lowest BCUT2D eigenvalue weighted by Gasteiger charge is -2.14. The highest BCUT2D eigenvalue weighted by Crippen LogP contribution is 2.24. The van der Waals surface area contributed by atoms with Crippen LogP contribution in [-0.2, 0) is 12.8 Å². The Bertz CT molecular complexity index is 558. The molecule has 17 heavy (non-hydrogen) atoms. The SMILES string of the molecule is Cc1c(N)ncnc1-n1cnc2c1CCCC2. The summed E-state index contributed by atoms with van der Waals surface area (Å²) >= 11 is 0. The second-order valence-corrected chi connectivity index (χ2v) is 4.42. The van der Waals surface area contributed by atoms with Crippen molar-refractivity contribution in [3.63, 3.8) is 0 Å². The van der Waals surface area contributed by atoms with Crippen molar-refractivity contribution in [2.24, 2.45) is 0 Å². The van der Waals surface area contributed by atoms with Crippen LogP contribution in [0, 0.1) is 6.92 Å². The van der Waals surface area contributed by atoms with Crippen LogP contribution in [0.4, 0.5) is 5.82 Å². The lowest BCUT2D eigenvalue weighted by Crippen LogP contribution is -2.10. The van der Waals surface area contributed by atoms with Gasteiger partial charge in [0.25, 0.3) is 0 Å². The first-order valence-electron chi connectivity index (χ1n) is 5.90. The van der Waals surface area contributed by atoms with Gasteiger partial charge in [-0.1, -0.05) is 0 Å². The maximum absolute atomic E-state index is 5.82. The first kappa shape index (κ1) is 10.3. The van der Waals surface area contributed by atoms with E-state index in [1.54, 1.807) is 0 Å². The molecule has 0 saturated heterocycles. The molecule has 5 nitrogen and oxygen atoms in total. The second-order valence-electron chi connectivity index (χ2n) is 4.42. The highest BCUT2D eigenvalue weighted by Gasteiger charge is 2.18. The second kappa shape index (κ2) is 3.84. The number of aromatic nitrogens is 4. The monoisotopic (exact) mass is 229 g/mol. The van der Waals surface area contributed by atoms with Crippen molar-refractivity contribution < 1.29 is 0 Å². The molecule has 0 amide bonds. The van der Waals surface area contributed by atoms with Crippen LogP contribution in [0.2, 0.25) is 0 Å². The van der Waals surface area contributed by atoms with Crippen molar-refractivity contribution in [2.45, 2.75) is 32.6 Å². The Morgan fingerprint density at radius 2 is 2.00 bits per heavy atom. The van der Waals surface area contributed by atoms with Crippen LogP contribution in [-0.4, -0.2) is 19.5 Å². The molecule has 0 radical (unpaired) electrons. The summed E-state index contributed by atoms with van der Waals surface area (Å²) in [5.74, 6) is 1.39. The van der Waals surface area contributed by atoms with Crippen LogP contribution in [0.15, 0.2) is 12.7 Å².